The fourth-order valence-electron chi connectivity index (χ4n) is 3.41. The SMILES string of the molecule is CCC[C@@H]1Oc2ccccc2[C@@H]2CC(c3ccccc3Cl)=NN12. The van der Waals surface area contributed by atoms with Crippen molar-refractivity contribution < 1.29 is 4.74 Å². The summed E-state index contributed by atoms with van der Waals surface area (Å²) < 4.78 is 6.19. The Hall–Kier alpha value is -2.00. The van der Waals surface area contributed by atoms with Gasteiger partial charge in [0.1, 0.15) is 5.75 Å². The molecule has 0 aromatic heterocycles. The number of hydrazone groups is 1. The number of para-hydroxylation sites is 1. The fourth-order valence-corrected chi connectivity index (χ4v) is 3.65. The summed E-state index contributed by atoms with van der Waals surface area (Å²) in [6, 6.07) is 16.5. The number of rotatable bonds is 3. The molecule has 3 nitrogen and oxygen atoms in total. The van der Waals surface area contributed by atoms with Gasteiger partial charge in [-0.3, -0.25) is 5.01 Å². The van der Waals surface area contributed by atoms with Crippen molar-refractivity contribution in [2.75, 3.05) is 0 Å². The van der Waals surface area contributed by atoms with Crippen molar-refractivity contribution in [1.82, 2.24) is 5.01 Å². The quantitative estimate of drug-likeness (QED) is 0.792. The predicted molar refractivity (Wildman–Crippen MR) is 93.0 cm³/mol. The molecule has 4 rings (SSSR count). The Balaban J connectivity index is 1.74. The van der Waals surface area contributed by atoms with Gasteiger partial charge in [0, 0.05) is 29.0 Å². The third-order valence-corrected chi connectivity index (χ3v) is 4.83. The first-order valence-corrected chi connectivity index (χ1v) is 8.52. The van der Waals surface area contributed by atoms with E-state index in [0.29, 0.717) is 0 Å². The minimum absolute atomic E-state index is 0.000104. The normalized spacial score (nSPS) is 22.2. The third-order valence-electron chi connectivity index (χ3n) is 4.50. The van der Waals surface area contributed by atoms with Crippen molar-refractivity contribution in [3.8, 4) is 5.75 Å². The molecule has 4 heteroatoms. The predicted octanol–water partition coefficient (Wildman–Crippen LogP) is 5.01. The molecule has 0 saturated carbocycles. The van der Waals surface area contributed by atoms with E-state index in [1.54, 1.807) is 0 Å². The van der Waals surface area contributed by atoms with Crippen LogP contribution in [0.3, 0.4) is 0 Å². The summed E-state index contributed by atoms with van der Waals surface area (Å²) >= 11 is 6.37. The molecule has 0 unspecified atom stereocenters. The van der Waals surface area contributed by atoms with Gasteiger partial charge in [0.05, 0.1) is 11.8 Å². The van der Waals surface area contributed by atoms with Crippen LogP contribution in [0.15, 0.2) is 53.6 Å². The first-order chi connectivity index (χ1) is 11.3. The Labute approximate surface area is 141 Å². The fraction of sp³-hybridized carbons (Fsp3) is 0.316. The summed E-state index contributed by atoms with van der Waals surface area (Å²) in [6.07, 6.45) is 2.89. The number of hydrogen-bond acceptors (Lipinski definition) is 3. The van der Waals surface area contributed by atoms with Crippen LogP contribution < -0.4 is 4.74 Å². The van der Waals surface area contributed by atoms with Crippen molar-refractivity contribution in [3.05, 3.63) is 64.7 Å². The average molecular weight is 327 g/mol. The number of benzene rings is 2. The van der Waals surface area contributed by atoms with Crippen LogP contribution in [0.4, 0.5) is 0 Å². The lowest BCUT2D eigenvalue weighted by Crippen LogP contribution is -2.40. The molecule has 2 aromatic rings. The highest BCUT2D eigenvalue weighted by molar-refractivity contribution is 6.34. The Morgan fingerprint density at radius 3 is 2.78 bits per heavy atom. The summed E-state index contributed by atoms with van der Waals surface area (Å²) in [4.78, 5) is 0. The molecule has 0 aliphatic carbocycles. The van der Waals surface area contributed by atoms with E-state index in [-0.39, 0.29) is 12.3 Å². The van der Waals surface area contributed by atoms with Crippen LogP contribution in [-0.4, -0.2) is 16.9 Å². The molecule has 2 aliphatic heterocycles. The molecule has 2 aliphatic rings. The van der Waals surface area contributed by atoms with Crippen molar-refractivity contribution in [2.24, 2.45) is 5.10 Å². The molecular weight excluding hydrogens is 308 g/mol. The summed E-state index contributed by atoms with van der Waals surface area (Å²) in [7, 11) is 0. The summed E-state index contributed by atoms with van der Waals surface area (Å²) in [6.45, 7) is 2.17. The Morgan fingerprint density at radius 2 is 1.96 bits per heavy atom. The summed E-state index contributed by atoms with van der Waals surface area (Å²) in [5, 5.41) is 7.77. The zero-order valence-electron chi connectivity index (χ0n) is 13.1. The molecule has 23 heavy (non-hydrogen) atoms. The largest absolute Gasteiger partial charge is 0.469 e. The van der Waals surface area contributed by atoms with E-state index in [2.05, 4.69) is 30.1 Å². The maximum Gasteiger partial charge on any atom is 0.187 e. The Kier molecular flexibility index (Phi) is 3.74. The lowest BCUT2D eigenvalue weighted by Gasteiger charge is -2.38. The van der Waals surface area contributed by atoms with E-state index in [1.807, 2.05) is 30.3 Å². The molecule has 2 heterocycles. The van der Waals surface area contributed by atoms with Gasteiger partial charge < -0.3 is 4.74 Å². The molecular formula is C19H19ClN2O. The number of ether oxygens (including phenoxy) is 1. The second kappa shape index (κ2) is 5.89. The van der Waals surface area contributed by atoms with Gasteiger partial charge in [-0.2, -0.15) is 5.10 Å². The van der Waals surface area contributed by atoms with Gasteiger partial charge in [-0.05, 0) is 12.1 Å². The second-order valence-electron chi connectivity index (χ2n) is 6.03. The lowest BCUT2D eigenvalue weighted by atomic mass is 9.96. The van der Waals surface area contributed by atoms with Gasteiger partial charge in [0.15, 0.2) is 6.23 Å². The number of fused-ring (bicyclic) bond motifs is 3. The van der Waals surface area contributed by atoms with E-state index >= 15 is 0 Å². The maximum absolute atomic E-state index is 6.37. The lowest BCUT2D eigenvalue weighted by molar-refractivity contribution is -0.0223. The molecule has 2 aromatic carbocycles. The zero-order valence-corrected chi connectivity index (χ0v) is 13.8. The maximum atomic E-state index is 6.37. The Bertz CT molecular complexity index is 759. The zero-order chi connectivity index (χ0) is 15.8. The van der Waals surface area contributed by atoms with Crippen molar-refractivity contribution in [1.29, 1.82) is 0 Å². The van der Waals surface area contributed by atoms with Gasteiger partial charge >= 0.3 is 0 Å². The van der Waals surface area contributed by atoms with E-state index in [4.69, 9.17) is 21.4 Å². The topological polar surface area (TPSA) is 24.8 Å². The third kappa shape index (κ3) is 2.49. The second-order valence-corrected chi connectivity index (χ2v) is 6.43. The van der Waals surface area contributed by atoms with Gasteiger partial charge in [0.25, 0.3) is 0 Å². The minimum Gasteiger partial charge on any atom is -0.469 e. The molecule has 118 valence electrons. The van der Waals surface area contributed by atoms with E-state index in [1.165, 1.54) is 5.56 Å². The summed E-state index contributed by atoms with van der Waals surface area (Å²) in [5.41, 5.74) is 3.28. The van der Waals surface area contributed by atoms with Crippen molar-refractivity contribution in [3.63, 3.8) is 0 Å². The van der Waals surface area contributed by atoms with Gasteiger partial charge in [0.2, 0.25) is 0 Å². The highest BCUT2D eigenvalue weighted by Crippen LogP contribution is 2.44. The Morgan fingerprint density at radius 1 is 1.17 bits per heavy atom. The highest BCUT2D eigenvalue weighted by Gasteiger charge is 2.39. The van der Waals surface area contributed by atoms with E-state index in [9.17, 15) is 0 Å². The van der Waals surface area contributed by atoms with E-state index < -0.39 is 0 Å². The van der Waals surface area contributed by atoms with Crippen molar-refractivity contribution in [2.45, 2.75) is 38.5 Å². The first kappa shape index (κ1) is 14.6. The van der Waals surface area contributed by atoms with Gasteiger partial charge in [-0.1, -0.05) is 61.3 Å². The molecule has 0 fully saturated rings. The standard InChI is InChI=1S/C19H19ClN2O/c1-2-7-19-22-17(14-9-4-6-11-18(14)23-19)12-16(21-22)13-8-3-5-10-15(13)20/h3-6,8-11,17,19H,2,7,12H2,1H3/t17-,19-/m0/s1. The molecule has 0 N–H and O–H groups in total. The molecule has 0 bridgehead atoms. The minimum atomic E-state index is -0.000104. The molecule has 0 spiro atoms. The molecule has 2 atom stereocenters. The monoisotopic (exact) mass is 326 g/mol. The smallest absolute Gasteiger partial charge is 0.187 e. The van der Waals surface area contributed by atoms with Gasteiger partial charge in [-0.15, -0.1) is 0 Å². The van der Waals surface area contributed by atoms with Crippen LogP contribution >= 0.6 is 11.6 Å². The number of halogens is 1. The van der Waals surface area contributed by atoms with Gasteiger partial charge in [-0.25, -0.2) is 0 Å². The van der Waals surface area contributed by atoms with Crippen LogP contribution in [0.5, 0.6) is 5.75 Å². The average Bonchev–Trinajstić information content (AvgIpc) is 3.01. The molecule has 0 radical (unpaired) electrons. The summed E-state index contributed by atoms with van der Waals surface area (Å²) in [5.74, 6) is 0.989. The van der Waals surface area contributed by atoms with Crippen LogP contribution in [0.25, 0.3) is 0 Å². The van der Waals surface area contributed by atoms with Crippen molar-refractivity contribution >= 4 is 17.3 Å². The first-order valence-electron chi connectivity index (χ1n) is 8.14. The number of hydrogen-bond donors (Lipinski definition) is 0. The molecule has 0 saturated heterocycles. The van der Waals surface area contributed by atoms with Crippen LogP contribution in [0.2, 0.25) is 5.02 Å². The van der Waals surface area contributed by atoms with Crippen LogP contribution in [-0.2, 0) is 0 Å². The van der Waals surface area contributed by atoms with Crippen LogP contribution in [0.1, 0.15) is 43.4 Å². The molecule has 0 amide bonds. The van der Waals surface area contributed by atoms with Crippen LogP contribution in [0, 0.1) is 0 Å². The number of nitrogens with zero attached hydrogens (tertiary/aromatic N) is 2. The van der Waals surface area contributed by atoms with E-state index in [0.717, 1.165) is 41.3 Å². The highest BCUT2D eigenvalue weighted by atomic mass is 35.5.